The Morgan fingerprint density at radius 1 is 0.905 bits per heavy atom. The average Bonchev–Trinajstić information content (AvgIpc) is 3.26. The van der Waals surface area contributed by atoms with Crippen molar-refractivity contribution in [2.24, 2.45) is 0 Å². The van der Waals surface area contributed by atoms with Gasteiger partial charge in [-0.25, -0.2) is 0 Å². The molecule has 1 atom stereocenters. The lowest BCUT2D eigenvalue weighted by atomic mass is 9.94. The number of methoxy groups -OCH3 is 1. The van der Waals surface area contributed by atoms with Crippen LogP contribution in [0.25, 0.3) is 5.76 Å². The van der Waals surface area contributed by atoms with Gasteiger partial charge in [0.15, 0.2) is 11.5 Å². The Labute approximate surface area is 244 Å². The molecule has 214 valence electrons. The number of aryl methyl sites for hydroxylation is 1. The molecular weight excluding hydrogens is 532 g/mol. The minimum Gasteiger partial charge on any atom is -0.507 e. The third kappa shape index (κ3) is 5.83. The van der Waals surface area contributed by atoms with Gasteiger partial charge in [0.1, 0.15) is 18.1 Å². The minimum atomic E-state index is -0.871. The summed E-state index contributed by atoms with van der Waals surface area (Å²) in [6.45, 7) is 4.70. The molecule has 0 bridgehead atoms. The zero-order valence-corrected chi connectivity index (χ0v) is 23.7. The van der Waals surface area contributed by atoms with Gasteiger partial charge in [0.25, 0.3) is 11.7 Å². The number of pyridine rings is 1. The summed E-state index contributed by atoms with van der Waals surface area (Å²) in [6.07, 6.45) is 3.29. The summed E-state index contributed by atoms with van der Waals surface area (Å²) in [5.74, 6) is -0.0984. The molecule has 1 aliphatic heterocycles. The summed E-state index contributed by atoms with van der Waals surface area (Å²) in [7, 11) is 1.53. The predicted octanol–water partition coefficient (Wildman–Crippen LogP) is 6.00. The average molecular weight is 565 g/mol. The second kappa shape index (κ2) is 12.6. The number of amides is 1. The third-order valence-electron chi connectivity index (χ3n) is 7.10. The van der Waals surface area contributed by atoms with E-state index in [0.717, 1.165) is 16.7 Å². The van der Waals surface area contributed by atoms with Crippen LogP contribution in [-0.4, -0.2) is 40.4 Å². The Hall–Kier alpha value is -5.11. The summed E-state index contributed by atoms with van der Waals surface area (Å²) in [5, 5.41) is 11.6. The summed E-state index contributed by atoms with van der Waals surface area (Å²) < 4.78 is 17.2. The van der Waals surface area contributed by atoms with Crippen LogP contribution in [0.5, 0.6) is 17.2 Å². The summed E-state index contributed by atoms with van der Waals surface area (Å²) >= 11 is 0. The van der Waals surface area contributed by atoms with E-state index >= 15 is 0 Å². The van der Waals surface area contributed by atoms with Crippen LogP contribution in [0.4, 0.5) is 0 Å². The highest BCUT2D eigenvalue weighted by molar-refractivity contribution is 6.46. The van der Waals surface area contributed by atoms with Crippen molar-refractivity contribution in [3.8, 4) is 17.2 Å². The van der Waals surface area contributed by atoms with E-state index in [1.54, 1.807) is 54.9 Å². The molecule has 1 fully saturated rings. The number of aliphatic hydroxyl groups is 1. The molecule has 1 aromatic heterocycles. The first kappa shape index (κ1) is 28.4. The fraction of sp³-hybridized carbons (Fsp3) is 0.206. The number of ether oxygens (including phenoxy) is 3. The maximum absolute atomic E-state index is 13.5. The van der Waals surface area contributed by atoms with Crippen molar-refractivity contribution in [1.29, 1.82) is 0 Å². The number of benzene rings is 3. The highest BCUT2D eigenvalue weighted by Gasteiger charge is 2.46. The van der Waals surface area contributed by atoms with E-state index in [1.165, 1.54) is 12.0 Å². The van der Waals surface area contributed by atoms with Gasteiger partial charge in [-0.3, -0.25) is 14.6 Å². The van der Waals surface area contributed by atoms with Gasteiger partial charge in [0.2, 0.25) is 0 Å². The number of rotatable bonds is 10. The molecule has 5 rings (SSSR count). The Bertz CT molecular complexity index is 1620. The molecule has 0 spiro atoms. The Morgan fingerprint density at radius 2 is 1.67 bits per heavy atom. The number of aromatic nitrogens is 1. The molecular formula is C34H32N2O6. The summed E-state index contributed by atoms with van der Waals surface area (Å²) in [6, 6.07) is 23.0. The second-order valence-electron chi connectivity index (χ2n) is 9.89. The molecule has 8 nitrogen and oxygen atoms in total. The normalized spacial score (nSPS) is 16.0. The lowest BCUT2D eigenvalue weighted by Crippen LogP contribution is -2.29. The molecule has 0 unspecified atom stereocenters. The zero-order valence-electron chi connectivity index (χ0n) is 23.7. The first-order valence-corrected chi connectivity index (χ1v) is 13.7. The van der Waals surface area contributed by atoms with Crippen LogP contribution < -0.4 is 14.2 Å². The lowest BCUT2D eigenvalue weighted by molar-refractivity contribution is -0.140. The summed E-state index contributed by atoms with van der Waals surface area (Å²) in [4.78, 5) is 32.6. The van der Waals surface area contributed by atoms with Gasteiger partial charge in [0, 0.05) is 24.5 Å². The number of likely N-dealkylation sites (tertiary alicyclic amines) is 1. The second-order valence-corrected chi connectivity index (χ2v) is 9.89. The fourth-order valence-electron chi connectivity index (χ4n) is 5.06. The van der Waals surface area contributed by atoms with Gasteiger partial charge in [-0.05, 0) is 72.5 Å². The number of carbonyl (C=O) groups is 2. The van der Waals surface area contributed by atoms with E-state index in [1.807, 2.05) is 50.2 Å². The number of aliphatic hydroxyl groups excluding tert-OH is 1. The minimum absolute atomic E-state index is 0.00698. The number of hydrogen-bond donors (Lipinski definition) is 1. The van der Waals surface area contributed by atoms with E-state index in [9.17, 15) is 14.7 Å². The smallest absolute Gasteiger partial charge is 0.295 e. The van der Waals surface area contributed by atoms with Crippen molar-refractivity contribution < 1.29 is 28.9 Å². The zero-order chi connectivity index (χ0) is 29.6. The monoisotopic (exact) mass is 564 g/mol. The Balaban J connectivity index is 1.55. The lowest BCUT2D eigenvalue weighted by Gasteiger charge is -2.26. The van der Waals surface area contributed by atoms with Crippen molar-refractivity contribution >= 4 is 17.4 Å². The molecule has 8 heteroatoms. The highest BCUT2D eigenvalue weighted by Crippen LogP contribution is 2.43. The van der Waals surface area contributed by atoms with Crippen molar-refractivity contribution in [2.75, 3.05) is 13.7 Å². The van der Waals surface area contributed by atoms with Crippen molar-refractivity contribution in [3.63, 3.8) is 0 Å². The molecule has 3 aromatic carbocycles. The van der Waals surface area contributed by atoms with Crippen LogP contribution >= 0.6 is 0 Å². The van der Waals surface area contributed by atoms with Gasteiger partial charge in [-0.2, -0.15) is 0 Å². The van der Waals surface area contributed by atoms with Gasteiger partial charge in [-0.15, -0.1) is 0 Å². The van der Waals surface area contributed by atoms with E-state index in [2.05, 4.69) is 4.98 Å². The quantitative estimate of drug-likeness (QED) is 0.143. The van der Waals surface area contributed by atoms with Crippen molar-refractivity contribution in [2.45, 2.75) is 33.0 Å². The molecule has 1 aliphatic rings. The number of nitrogens with zero attached hydrogens (tertiary/aromatic N) is 2. The fourth-order valence-corrected chi connectivity index (χ4v) is 5.06. The number of hydrogen-bond acceptors (Lipinski definition) is 7. The van der Waals surface area contributed by atoms with Crippen LogP contribution in [-0.2, 0) is 22.7 Å². The van der Waals surface area contributed by atoms with Crippen molar-refractivity contribution in [1.82, 2.24) is 9.88 Å². The largest absolute Gasteiger partial charge is 0.507 e. The topological polar surface area (TPSA) is 98.2 Å². The number of ketones is 1. The van der Waals surface area contributed by atoms with Crippen LogP contribution in [0, 0.1) is 6.92 Å². The third-order valence-corrected chi connectivity index (χ3v) is 7.10. The van der Waals surface area contributed by atoms with E-state index in [-0.39, 0.29) is 17.9 Å². The molecule has 1 N–H and O–H groups in total. The maximum atomic E-state index is 13.5. The standard InChI is InChI=1S/C34H32N2O6/c1-4-41-28-15-12-25(18-29(28)40-3)31-30(33(38)34(39)36(31)20-24-11-8-16-35-19-24)32(37)26-13-14-27(22(2)17-26)42-21-23-9-6-5-7-10-23/h5-19,31,37H,4,20-21H2,1-3H3/b32-30+/t31-/m1/s1. The molecule has 42 heavy (non-hydrogen) atoms. The van der Waals surface area contributed by atoms with Gasteiger partial charge in [0.05, 0.1) is 25.3 Å². The van der Waals surface area contributed by atoms with E-state index in [4.69, 9.17) is 14.2 Å². The Morgan fingerprint density at radius 3 is 2.36 bits per heavy atom. The molecule has 1 saturated heterocycles. The first-order valence-electron chi connectivity index (χ1n) is 13.7. The molecule has 0 saturated carbocycles. The van der Waals surface area contributed by atoms with Crippen molar-refractivity contribution in [3.05, 3.63) is 125 Å². The number of Topliss-reactive ketones (excluding diaryl/α,β-unsaturated/α-hetero) is 1. The first-order chi connectivity index (χ1) is 20.4. The molecule has 0 radical (unpaired) electrons. The van der Waals surface area contributed by atoms with Crippen LogP contribution in [0.3, 0.4) is 0 Å². The SMILES string of the molecule is CCOc1ccc([C@@H]2/C(=C(\O)c3ccc(OCc4ccccc4)c(C)c3)C(=O)C(=O)N2Cc2cccnc2)cc1OC. The highest BCUT2D eigenvalue weighted by atomic mass is 16.5. The molecule has 0 aliphatic carbocycles. The van der Waals surface area contributed by atoms with Gasteiger partial charge < -0.3 is 24.2 Å². The number of carbonyl (C=O) groups excluding carboxylic acids is 2. The van der Waals surface area contributed by atoms with Crippen LogP contribution in [0.15, 0.2) is 96.8 Å². The van der Waals surface area contributed by atoms with Crippen LogP contribution in [0.1, 0.15) is 40.8 Å². The predicted molar refractivity (Wildman–Crippen MR) is 158 cm³/mol. The van der Waals surface area contributed by atoms with E-state index in [0.29, 0.717) is 41.6 Å². The maximum Gasteiger partial charge on any atom is 0.295 e. The molecule has 1 amide bonds. The van der Waals surface area contributed by atoms with Crippen LogP contribution in [0.2, 0.25) is 0 Å². The van der Waals surface area contributed by atoms with Gasteiger partial charge >= 0.3 is 0 Å². The summed E-state index contributed by atoms with van der Waals surface area (Å²) in [5.41, 5.74) is 3.55. The molecule has 2 heterocycles. The van der Waals surface area contributed by atoms with Gasteiger partial charge in [-0.1, -0.05) is 42.5 Å². The molecule has 4 aromatic rings. The Kier molecular flexibility index (Phi) is 8.52. The van der Waals surface area contributed by atoms with E-state index < -0.39 is 17.7 Å².